The molecule has 0 aliphatic carbocycles. The second kappa shape index (κ2) is 10.1. The van der Waals surface area contributed by atoms with E-state index in [1.165, 1.54) is 9.87 Å². The van der Waals surface area contributed by atoms with Crippen LogP contribution in [0.4, 0.5) is 0 Å². The van der Waals surface area contributed by atoms with Gasteiger partial charge in [-0.15, -0.1) is 0 Å². The zero-order valence-electron chi connectivity index (χ0n) is 17.6. The monoisotopic (exact) mass is 430 g/mol. The fourth-order valence-electron chi connectivity index (χ4n) is 3.56. The summed E-state index contributed by atoms with van der Waals surface area (Å²) < 4.78 is 32.6. The molecule has 1 heterocycles. The third-order valence-electron chi connectivity index (χ3n) is 5.31. The van der Waals surface area contributed by atoms with E-state index in [9.17, 15) is 13.2 Å². The van der Waals surface area contributed by atoms with Crippen molar-refractivity contribution in [3.63, 3.8) is 0 Å². The second-order valence-electron chi connectivity index (χ2n) is 7.74. The summed E-state index contributed by atoms with van der Waals surface area (Å²) in [7, 11) is -3.49. The van der Waals surface area contributed by atoms with Crippen LogP contribution in [-0.2, 0) is 21.2 Å². The molecule has 6 nitrogen and oxygen atoms in total. The van der Waals surface area contributed by atoms with Crippen molar-refractivity contribution in [3.05, 3.63) is 59.7 Å². The first-order chi connectivity index (χ1) is 14.4. The molecule has 0 spiro atoms. The van der Waals surface area contributed by atoms with E-state index < -0.39 is 10.0 Å². The molecular formula is C23H30N2O4S. The summed E-state index contributed by atoms with van der Waals surface area (Å²) in [4.78, 5) is 12.5. The van der Waals surface area contributed by atoms with Gasteiger partial charge < -0.3 is 10.1 Å². The lowest BCUT2D eigenvalue weighted by atomic mass is 10.1. The van der Waals surface area contributed by atoms with Crippen LogP contribution in [0.5, 0.6) is 5.75 Å². The lowest BCUT2D eigenvalue weighted by Crippen LogP contribution is -2.47. The zero-order valence-corrected chi connectivity index (χ0v) is 18.5. The molecule has 0 atom stereocenters. The van der Waals surface area contributed by atoms with Crippen LogP contribution in [0.1, 0.15) is 37.3 Å². The Morgan fingerprint density at radius 3 is 2.30 bits per heavy atom. The molecule has 7 heteroatoms. The predicted molar refractivity (Wildman–Crippen MR) is 117 cm³/mol. The van der Waals surface area contributed by atoms with Gasteiger partial charge in [0.05, 0.1) is 4.90 Å². The van der Waals surface area contributed by atoms with Gasteiger partial charge in [0.2, 0.25) is 10.0 Å². The van der Waals surface area contributed by atoms with Crippen LogP contribution < -0.4 is 10.1 Å². The fourth-order valence-corrected chi connectivity index (χ4v) is 5.03. The van der Waals surface area contributed by atoms with Crippen molar-refractivity contribution >= 4 is 15.9 Å². The van der Waals surface area contributed by atoms with E-state index in [4.69, 9.17) is 4.74 Å². The number of ether oxygens (including phenoxy) is 1. The van der Waals surface area contributed by atoms with Gasteiger partial charge in [-0.05, 0) is 56.0 Å². The first-order valence-corrected chi connectivity index (χ1v) is 11.9. The number of piperidine rings is 1. The highest BCUT2D eigenvalue weighted by Gasteiger charge is 2.29. The SMILES string of the molecule is CCCc1ccc(OCC(=O)NC2CCN(S(=O)(=O)c3ccc(C)cc3)CC2)cc1. The first-order valence-electron chi connectivity index (χ1n) is 10.5. The number of carbonyl (C=O) groups excluding carboxylic acids is 1. The van der Waals surface area contributed by atoms with Gasteiger partial charge in [0.25, 0.3) is 5.91 Å². The summed E-state index contributed by atoms with van der Waals surface area (Å²) >= 11 is 0. The van der Waals surface area contributed by atoms with Crippen molar-refractivity contribution in [1.82, 2.24) is 9.62 Å². The Morgan fingerprint density at radius 2 is 1.70 bits per heavy atom. The van der Waals surface area contributed by atoms with Gasteiger partial charge in [-0.1, -0.05) is 43.2 Å². The van der Waals surface area contributed by atoms with Crippen molar-refractivity contribution in [3.8, 4) is 5.75 Å². The van der Waals surface area contributed by atoms with E-state index in [0.717, 1.165) is 18.4 Å². The quantitative estimate of drug-likeness (QED) is 0.697. The van der Waals surface area contributed by atoms with Crippen molar-refractivity contribution < 1.29 is 17.9 Å². The molecule has 30 heavy (non-hydrogen) atoms. The number of rotatable bonds is 8. The van der Waals surface area contributed by atoms with Crippen molar-refractivity contribution in [2.45, 2.75) is 50.5 Å². The number of nitrogens with one attached hydrogen (secondary N) is 1. The summed E-state index contributed by atoms with van der Waals surface area (Å²) in [6, 6.07) is 14.6. The predicted octanol–water partition coefficient (Wildman–Crippen LogP) is 3.30. The van der Waals surface area contributed by atoms with Gasteiger partial charge in [-0.25, -0.2) is 8.42 Å². The second-order valence-corrected chi connectivity index (χ2v) is 9.68. The lowest BCUT2D eigenvalue weighted by molar-refractivity contribution is -0.124. The Hall–Kier alpha value is -2.38. The highest BCUT2D eigenvalue weighted by molar-refractivity contribution is 7.89. The summed E-state index contributed by atoms with van der Waals surface area (Å²) in [5.41, 5.74) is 2.27. The molecule has 162 valence electrons. The van der Waals surface area contributed by atoms with Crippen LogP contribution in [0.15, 0.2) is 53.4 Å². The van der Waals surface area contributed by atoms with Gasteiger partial charge in [-0.3, -0.25) is 4.79 Å². The minimum absolute atomic E-state index is 0.0440. The standard InChI is InChI=1S/C23H30N2O4S/c1-3-4-19-7-9-21(10-8-19)29-17-23(26)24-20-13-15-25(16-14-20)30(27,28)22-11-5-18(2)6-12-22/h5-12,20H,3-4,13-17H2,1-2H3,(H,24,26). The first kappa shape index (κ1) is 22.3. The molecule has 1 amide bonds. The highest BCUT2D eigenvalue weighted by atomic mass is 32.2. The number of benzene rings is 2. The maximum absolute atomic E-state index is 12.8. The molecule has 1 aliphatic heterocycles. The van der Waals surface area contributed by atoms with Gasteiger partial charge in [0.15, 0.2) is 6.61 Å². The number of hydrogen-bond donors (Lipinski definition) is 1. The maximum atomic E-state index is 12.8. The molecule has 2 aromatic carbocycles. The average molecular weight is 431 g/mol. The largest absolute Gasteiger partial charge is 0.484 e. The molecule has 1 fully saturated rings. The van der Waals surface area contributed by atoms with Gasteiger partial charge in [-0.2, -0.15) is 4.31 Å². The topological polar surface area (TPSA) is 75.7 Å². The zero-order chi connectivity index (χ0) is 21.6. The highest BCUT2D eigenvalue weighted by Crippen LogP contribution is 2.21. The van der Waals surface area contributed by atoms with Crippen LogP contribution in [0.3, 0.4) is 0 Å². The lowest BCUT2D eigenvalue weighted by Gasteiger charge is -2.31. The van der Waals surface area contributed by atoms with E-state index in [0.29, 0.717) is 36.6 Å². The number of carbonyl (C=O) groups is 1. The van der Waals surface area contributed by atoms with Crippen LogP contribution in [0, 0.1) is 6.92 Å². The van der Waals surface area contributed by atoms with E-state index in [1.54, 1.807) is 24.3 Å². The Balaban J connectivity index is 1.44. The summed E-state index contributed by atoms with van der Waals surface area (Å²) in [5, 5.41) is 2.95. The Morgan fingerprint density at radius 1 is 1.07 bits per heavy atom. The third kappa shape index (κ3) is 5.83. The molecule has 0 aromatic heterocycles. The van der Waals surface area contributed by atoms with Crippen molar-refractivity contribution in [2.75, 3.05) is 19.7 Å². The summed E-state index contributed by atoms with van der Waals surface area (Å²) in [5.74, 6) is 0.483. The average Bonchev–Trinajstić information content (AvgIpc) is 2.74. The Labute approximate surface area is 179 Å². The molecule has 1 saturated heterocycles. The fraction of sp³-hybridized carbons (Fsp3) is 0.435. The van der Waals surface area contributed by atoms with Crippen LogP contribution >= 0.6 is 0 Å². The number of nitrogens with zero attached hydrogens (tertiary/aromatic N) is 1. The van der Waals surface area contributed by atoms with Crippen molar-refractivity contribution in [2.24, 2.45) is 0 Å². The van der Waals surface area contributed by atoms with Crippen molar-refractivity contribution in [1.29, 1.82) is 0 Å². The summed E-state index contributed by atoms with van der Waals surface area (Å²) in [6.45, 7) is 4.80. The number of sulfonamides is 1. The Bertz CT molecular complexity index is 932. The van der Waals surface area contributed by atoms with E-state index in [2.05, 4.69) is 12.2 Å². The normalized spacial score (nSPS) is 15.7. The molecule has 1 N–H and O–H groups in total. The molecule has 0 saturated carbocycles. The maximum Gasteiger partial charge on any atom is 0.258 e. The van der Waals surface area contributed by atoms with E-state index >= 15 is 0 Å². The van der Waals surface area contributed by atoms with Gasteiger partial charge in [0.1, 0.15) is 5.75 Å². The van der Waals surface area contributed by atoms with Crippen LogP contribution in [0.2, 0.25) is 0 Å². The Kier molecular flexibility index (Phi) is 7.50. The van der Waals surface area contributed by atoms with E-state index in [1.807, 2.05) is 31.2 Å². The molecule has 0 bridgehead atoms. The molecule has 0 radical (unpaired) electrons. The van der Waals surface area contributed by atoms with Crippen LogP contribution in [0.25, 0.3) is 0 Å². The smallest absolute Gasteiger partial charge is 0.258 e. The minimum Gasteiger partial charge on any atom is -0.484 e. The molecular weight excluding hydrogens is 400 g/mol. The number of hydrogen-bond acceptors (Lipinski definition) is 4. The van der Waals surface area contributed by atoms with Gasteiger partial charge >= 0.3 is 0 Å². The molecule has 0 unspecified atom stereocenters. The molecule has 3 rings (SSSR count). The number of amides is 1. The molecule has 1 aliphatic rings. The number of aryl methyl sites for hydroxylation is 2. The minimum atomic E-state index is -3.49. The molecule has 2 aromatic rings. The third-order valence-corrected chi connectivity index (χ3v) is 7.22. The van der Waals surface area contributed by atoms with Gasteiger partial charge in [0, 0.05) is 19.1 Å². The van der Waals surface area contributed by atoms with Crippen LogP contribution in [-0.4, -0.2) is 44.4 Å². The van der Waals surface area contributed by atoms with E-state index in [-0.39, 0.29) is 18.6 Å². The summed E-state index contributed by atoms with van der Waals surface area (Å²) in [6.07, 6.45) is 3.29.